The number of primary amides is 1. The monoisotopic (exact) mass is 274 g/mol. The molecule has 3 N–H and O–H groups in total. The van der Waals surface area contributed by atoms with Gasteiger partial charge in [0.1, 0.15) is 17.6 Å². The number of nitrogens with one attached hydrogen (secondary N) is 1. The smallest absolute Gasteiger partial charge is 0.244 e. The molecule has 1 amide bonds. The summed E-state index contributed by atoms with van der Waals surface area (Å²) in [5.74, 6) is -0.503. The van der Waals surface area contributed by atoms with Gasteiger partial charge < -0.3 is 15.8 Å². The molecule has 20 heavy (non-hydrogen) atoms. The van der Waals surface area contributed by atoms with E-state index in [1.165, 1.54) is 12.1 Å². The highest BCUT2D eigenvalue weighted by molar-refractivity contribution is 5.84. The average Bonchev–Trinajstić information content (AvgIpc) is 2.45. The van der Waals surface area contributed by atoms with Crippen molar-refractivity contribution in [3.8, 4) is 5.75 Å². The molecule has 0 aliphatic carbocycles. The third kappa shape index (κ3) is 3.06. The minimum atomic E-state index is -0.941. The molecule has 1 unspecified atom stereocenters. The van der Waals surface area contributed by atoms with Gasteiger partial charge in [0.05, 0.1) is 7.11 Å². The fourth-order valence-electron chi connectivity index (χ4n) is 1.89. The highest BCUT2D eigenvalue weighted by atomic mass is 19.1. The van der Waals surface area contributed by atoms with E-state index < -0.39 is 17.8 Å². The fourth-order valence-corrected chi connectivity index (χ4v) is 1.89. The van der Waals surface area contributed by atoms with Crippen LogP contribution in [0.1, 0.15) is 11.6 Å². The van der Waals surface area contributed by atoms with Crippen LogP contribution in [-0.2, 0) is 4.79 Å². The van der Waals surface area contributed by atoms with Crippen molar-refractivity contribution in [2.45, 2.75) is 6.04 Å². The maximum atomic E-state index is 13.8. The van der Waals surface area contributed by atoms with Gasteiger partial charge in [-0.3, -0.25) is 4.79 Å². The second kappa shape index (κ2) is 6.06. The first-order valence-corrected chi connectivity index (χ1v) is 6.06. The van der Waals surface area contributed by atoms with Gasteiger partial charge in [0.2, 0.25) is 5.91 Å². The molecule has 0 bridgehead atoms. The van der Waals surface area contributed by atoms with Crippen molar-refractivity contribution < 1.29 is 13.9 Å². The van der Waals surface area contributed by atoms with Gasteiger partial charge in [-0.15, -0.1) is 0 Å². The van der Waals surface area contributed by atoms with Crippen molar-refractivity contribution in [1.82, 2.24) is 0 Å². The molecule has 0 radical (unpaired) electrons. The number of hydrogen-bond acceptors (Lipinski definition) is 3. The zero-order chi connectivity index (χ0) is 14.5. The molecular formula is C15H15FN2O2. The number of carbonyl (C=O) groups is 1. The molecule has 1 atom stereocenters. The van der Waals surface area contributed by atoms with Crippen LogP contribution in [0.25, 0.3) is 0 Å². The van der Waals surface area contributed by atoms with Crippen LogP contribution < -0.4 is 15.8 Å². The Bertz CT molecular complexity index is 616. The maximum absolute atomic E-state index is 13.8. The van der Waals surface area contributed by atoms with Crippen LogP contribution in [0.5, 0.6) is 5.75 Å². The first kappa shape index (κ1) is 13.9. The third-order valence-electron chi connectivity index (χ3n) is 2.88. The van der Waals surface area contributed by atoms with E-state index in [2.05, 4.69) is 5.32 Å². The zero-order valence-corrected chi connectivity index (χ0v) is 11.0. The van der Waals surface area contributed by atoms with Crippen molar-refractivity contribution in [1.29, 1.82) is 0 Å². The number of carbonyl (C=O) groups excluding carboxylic acids is 1. The normalized spacial score (nSPS) is 11.7. The van der Waals surface area contributed by atoms with Gasteiger partial charge in [-0.25, -0.2) is 4.39 Å². The zero-order valence-electron chi connectivity index (χ0n) is 11.0. The summed E-state index contributed by atoms with van der Waals surface area (Å²) in [6, 6.07) is 12.1. The fraction of sp³-hybridized carbons (Fsp3) is 0.133. The molecule has 0 heterocycles. The Kier molecular flexibility index (Phi) is 4.20. The van der Waals surface area contributed by atoms with Crippen LogP contribution in [0.4, 0.5) is 10.1 Å². The number of benzene rings is 2. The lowest BCUT2D eigenvalue weighted by molar-refractivity contribution is -0.118. The lowest BCUT2D eigenvalue weighted by atomic mass is 10.1. The molecule has 104 valence electrons. The Morgan fingerprint density at radius 1 is 1.25 bits per heavy atom. The van der Waals surface area contributed by atoms with E-state index in [0.717, 1.165) is 0 Å². The molecule has 0 spiro atoms. The van der Waals surface area contributed by atoms with Gasteiger partial charge in [0.15, 0.2) is 0 Å². The number of ether oxygens (including phenoxy) is 1. The van der Waals surface area contributed by atoms with E-state index in [9.17, 15) is 9.18 Å². The first-order chi connectivity index (χ1) is 9.61. The SMILES string of the molecule is COc1cccc(NC(C(N)=O)c2ccccc2F)c1. The molecule has 2 rings (SSSR count). The lowest BCUT2D eigenvalue weighted by Crippen LogP contribution is -2.28. The van der Waals surface area contributed by atoms with Gasteiger partial charge in [-0.1, -0.05) is 24.3 Å². The summed E-state index contributed by atoms with van der Waals surface area (Å²) in [6.07, 6.45) is 0. The number of nitrogens with two attached hydrogens (primary N) is 1. The Balaban J connectivity index is 2.31. The van der Waals surface area contributed by atoms with Crippen LogP contribution in [-0.4, -0.2) is 13.0 Å². The predicted molar refractivity (Wildman–Crippen MR) is 75.0 cm³/mol. The lowest BCUT2D eigenvalue weighted by Gasteiger charge is -2.18. The number of anilines is 1. The van der Waals surface area contributed by atoms with Crippen LogP contribution >= 0.6 is 0 Å². The molecule has 0 aromatic heterocycles. The molecule has 0 fully saturated rings. The molecular weight excluding hydrogens is 259 g/mol. The molecule has 0 saturated heterocycles. The van der Waals surface area contributed by atoms with Gasteiger partial charge in [-0.05, 0) is 18.2 Å². The molecule has 5 heteroatoms. The van der Waals surface area contributed by atoms with E-state index in [4.69, 9.17) is 10.5 Å². The summed E-state index contributed by atoms with van der Waals surface area (Å²) in [5, 5.41) is 2.92. The van der Waals surface area contributed by atoms with E-state index in [1.54, 1.807) is 43.5 Å². The molecule has 4 nitrogen and oxygen atoms in total. The van der Waals surface area contributed by atoms with E-state index >= 15 is 0 Å². The Hall–Kier alpha value is -2.56. The Morgan fingerprint density at radius 2 is 2.00 bits per heavy atom. The van der Waals surface area contributed by atoms with E-state index in [0.29, 0.717) is 11.4 Å². The minimum absolute atomic E-state index is 0.211. The first-order valence-electron chi connectivity index (χ1n) is 6.06. The van der Waals surface area contributed by atoms with Crippen molar-refractivity contribution in [2.24, 2.45) is 5.73 Å². The topological polar surface area (TPSA) is 64.3 Å². The standard InChI is InChI=1S/C15H15FN2O2/c1-20-11-6-4-5-10(9-11)18-14(15(17)19)12-7-2-3-8-13(12)16/h2-9,14,18H,1H3,(H2,17,19). The Labute approximate surface area is 116 Å². The predicted octanol–water partition coefficient (Wildman–Crippen LogP) is 2.47. The van der Waals surface area contributed by atoms with Crippen molar-refractivity contribution >= 4 is 11.6 Å². The van der Waals surface area contributed by atoms with Crippen molar-refractivity contribution in [3.63, 3.8) is 0 Å². The molecule has 0 aliphatic heterocycles. The molecule has 2 aromatic rings. The quantitative estimate of drug-likeness (QED) is 0.880. The Morgan fingerprint density at radius 3 is 2.65 bits per heavy atom. The number of methoxy groups -OCH3 is 1. The summed E-state index contributed by atoms with van der Waals surface area (Å²) >= 11 is 0. The third-order valence-corrected chi connectivity index (χ3v) is 2.88. The summed E-state index contributed by atoms with van der Waals surface area (Å²) in [4.78, 5) is 11.6. The van der Waals surface area contributed by atoms with Crippen molar-refractivity contribution in [2.75, 3.05) is 12.4 Å². The summed E-state index contributed by atoms with van der Waals surface area (Å²) < 4.78 is 18.9. The van der Waals surface area contributed by atoms with E-state index in [1.807, 2.05) is 0 Å². The number of hydrogen-bond donors (Lipinski definition) is 2. The summed E-state index contributed by atoms with van der Waals surface area (Å²) in [7, 11) is 1.54. The summed E-state index contributed by atoms with van der Waals surface area (Å²) in [5.41, 5.74) is 6.19. The van der Waals surface area contributed by atoms with Gasteiger partial charge in [0, 0.05) is 17.3 Å². The average molecular weight is 274 g/mol. The second-order valence-corrected chi connectivity index (χ2v) is 4.23. The van der Waals surface area contributed by atoms with Crippen LogP contribution in [0.3, 0.4) is 0 Å². The highest BCUT2D eigenvalue weighted by Crippen LogP contribution is 2.24. The maximum Gasteiger partial charge on any atom is 0.244 e. The minimum Gasteiger partial charge on any atom is -0.497 e. The largest absolute Gasteiger partial charge is 0.497 e. The highest BCUT2D eigenvalue weighted by Gasteiger charge is 2.20. The summed E-state index contributed by atoms with van der Waals surface area (Å²) in [6.45, 7) is 0. The van der Waals surface area contributed by atoms with E-state index in [-0.39, 0.29) is 5.56 Å². The van der Waals surface area contributed by atoms with Crippen molar-refractivity contribution in [3.05, 3.63) is 59.9 Å². The van der Waals surface area contributed by atoms with Crippen LogP contribution in [0, 0.1) is 5.82 Å². The number of halogens is 1. The molecule has 0 saturated carbocycles. The number of amides is 1. The molecule has 0 aliphatic rings. The number of rotatable bonds is 5. The second-order valence-electron chi connectivity index (χ2n) is 4.23. The molecule has 2 aromatic carbocycles. The van der Waals surface area contributed by atoms with Gasteiger partial charge in [0.25, 0.3) is 0 Å². The van der Waals surface area contributed by atoms with Crippen LogP contribution in [0.15, 0.2) is 48.5 Å². The van der Waals surface area contributed by atoms with Gasteiger partial charge in [-0.2, -0.15) is 0 Å². The van der Waals surface area contributed by atoms with Gasteiger partial charge >= 0.3 is 0 Å². The van der Waals surface area contributed by atoms with Crippen LogP contribution in [0.2, 0.25) is 0 Å².